The van der Waals surface area contributed by atoms with E-state index in [0.29, 0.717) is 31.4 Å². The molecule has 0 radical (unpaired) electrons. The Morgan fingerprint density at radius 3 is 2.57 bits per heavy atom. The lowest BCUT2D eigenvalue weighted by Crippen LogP contribution is -2.48. The molecule has 0 saturated carbocycles. The van der Waals surface area contributed by atoms with Crippen LogP contribution in [0.1, 0.15) is 49.0 Å². The van der Waals surface area contributed by atoms with E-state index in [-0.39, 0.29) is 17.9 Å². The Bertz CT molecular complexity index is 561. The fraction of sp³-hybridized carbons (Fsp3) is 0.556. The fourth-order valence-electron chi connectivity index (χ4n) is 2.67. The van der Waals surface area contributed by atoms with Crippen LogP contribution >= 0.6 is 0 Å². The van der Waals surface area contributed by atoms with E-state index < -0.39 is 5.60 Å². The maximum atomic E-state index is 12.3. The van der Waals surface area contributed by atoms with Gasteiger partial charge in [-0.15, -0.1) is 0 Å². The summed E-state index contributed by atoms with van der Waals surface area (Å²) < 4.78 is 0. The van der Waals surface area contributed by atoms with Gasteiger partial charge in [0.2, 0.25) is 5.91 Å². The van der Waals surface area contributed by atoms with Gasteiger partial charge in [0.15, 0.2) is 0 Å². The normalized spacial score (nSPS) is 18.9. The third kappa shape index (κ3) is 5.36. The highest BCUT2D eigenvalue weighted by molar-refractivity contribution is 5.94. The summed E-state index contributed by atoms with van der Waals surface area (Å²) in [5, 5.41) is 12.7. The number of likely N-dealkylation sites (tertiary alicyclic amines) is 1. The van der Waals surface area contributed by atoms with Gasteiger partial charge >= 0.3 is 0 Å². The first-order valence-electron chi connectivity index (χ1n) is 8.11. The zero-order valence-electron chi connectivity index (χ0n) is 14.1. The minimum atomic E-state index is -0.680. The zero-order valence-corrected chi connectivity index (χ0v) is 14.1. The molecular weight excluding hydrogens is 292 g/mol. The van der Waals surface area contributed by atoms with Gasteiger partial charge in [0.05, 0.1) is 5.60 Å². The molecule has 1 aromatic rings. The summed E-state index contributed by atoms with van der Waals surface area (Å²) in [6, 6.07) is 7.49. The summed E-state index contributed by atoms with van der Waals surface area (Å²) in [4.78, 5) is 25.4. The molecule has 126 valence electrons. The molecule has 0 aromatic heterocycles. The molecule has 2 rings (SSSR count). The number of nitrogens with zero attached hydrogens (tertiary/aromatic N) is 1. The number of hydrogen-bond acceptors (Lipinski definition) is 3. The molecule has 2 N–H and O–H groups in total. The van der Waals surface area contributed by atoms with Crippen LogP contribution in [0.4, 0.5) is 0 Å². The van der Waals surface area contributed by atoms with Crippen LogP contribution in [0.2, 0.25) is 0 Å². The predicted octanol–water partition coefficient (Wildman–Crippen LogP) is 1.74. The lowest BCUT2D eigenvalue weighted by molar-refractivity contribution is -0.132. The number of benzene rings is 1. The topological polar surface area (TPSA) is 69.6 Å². The van der Waals surface area contributed by atoms with E-state index in [4.69, 9.17) is 0 Å². The van der Waals surface area contributed by atoms with Crippen molar-refractivity contribution in [3.05, 3.63) is 35.4 Å². The third-order valence-electron chi connectivity index (χ3n) is 4.20. The van der Waals surface area contributed by atoms with Crippen LogP contribution in [-0.2, 0) is 11.2 Å². The Morgan fingerprint density at radius 1 is 1.35 bits per heavy atom. The van der Waals surface area contributed by atoms with Gasteiger partial charge in [0.25, 0.3) is 5.91 Å². The van der Waals surface area contributed by atoms with E-state index in [2.05, 4.69) is 5.32 Å². The number of carbonyl (C=O) groups excluding carboxylic acids is 2. The lowest BCUT2D eigenvalue weighted by atomic mass is 9.98. The summed E-state index contributed by atoms with van der Waals surface area (Å²) in [6.45, 7) is 4.15. The number of carbonyl (C=O) groups is 2. The van der Waals surface area contributed by atoms with Gasteiger partial charge in [-0.2, -0.15) is 0 Å². The number of hydrogen-bond donors (Lipinski definition) is 2. The van der Waals surface area contributed by atoms with Gasteiger partial charge in [0.1, 0.15) is 0 Å². The smallest absolute Gasteiger partial charge is 0.251 e. The Kier molecular flexibility index (Phi) is 5.42. The molecule has 23 heavy (non-hydrogen) atoms. The third-order valence-corrected chi connectivity index (χ3v) is 4.20. The molecule has 5 nitrogen and oxygen atoms in total. The quantitative estimate of drug-likeness (QED) is 0.869. The second kappa shape index (κ2) is 7.13. The van der Waals surface area contributed by atoms with Gasteiger partial charge in [-0.1, -0.05) is 12.1 Å². The molecule has 1 aliphatic heterocycles. The molecule has 0 unspecified atom stereocenters. The summed E-state index contributed by atoms with van der Waals surface area (Å²) in [6.07, 6.45) is 2.64. The van der Waals surface area contributed by atoms with Crippen LogP contribution in [0, 0.1) is 0 Å². The van der Waals surface area contributed by atoms with Crippen LogP contribution in [-0.4, -0.2) is 47.1 Å². The van der Waals surface area contributed by atoms with Crippen molar-refractivity contribution in [3.8, 4) is 0 Å². The van der Waals surface area contributed by atoms with Crippen LogP contribution in [0.3, 0.4) is 0 Å². The molecule has 0 aliphatic carbocycles. The van der Waals surface area contributed by atoms with E-state index in [9.17, 15) is 14.7 Å². The SMILES string of the molecule is CN1C[C@H](NC(=O)c2ccc(CCC(C)(C)O)cc2)CCC1=O. The minimum absolute atomic E-state index is 0.0139. The van der Waals surface area contributed by atoms with Crippen molar-refractivity contribution >= 4 is 11.8 Å². The van der Waals surface area contributed by atoms with E-state index >= 15 is 0 Å². The standard InChI is InChI=1S/C18H26N2O3/c1-18(2,23)11-10-13-4-6-14(7-5-13)17(22)19-15-8-9-16(21)20(3)12-15/h4-7,15,23H,8-12H2,1-3H3,(H,19,22)/t15-/m1/s1. The first-order valence-corrected chi connectivity index (χ1v) is 8.11. The molecule has 0 spiro atoms. The summed E-state index contributed by atoms with van der Waals surface area (Å²) in [5.41, 5.74) is 1.05. The highest BCUT2D eigenvalue weighted by Gasteiger charge is 2.24. The molecule has 1 heterocycles. The second-order valence-corrected chi connectivity index (χ2v) is 6.99. The molecule has 0 bridgehead atoms. The highest BCUT2D eigenvalue weighted by atomic mass is 16.3. The number of piperidine rings is 1. The first-order chi connectivity index (χ1) is 10.7. The Balaban J connectivity index is 1.89. The Hall–Kier alpha value is -1.88. The molecule has 2 amide bonds. The van der Waals surface area contributed by atoms with Gasteiger partial charge in [-0.25, -0.2) is 0 Å². The van der Waals surface area contributed by atoms with Gasteiger partial charge < -0.3 is 15.3 Å². The van der Waals surface area contributed by atoms with Gasteiger partial charge in [0, 0.05) is 31.6 Å². The number of aryl methyl sites for hydroxylation is 1. The van der Waals surface area contributed by atoms with Crippen LogP contribution in [0.25, 0.3) is 0 Å². The van der Waals surface area contributed by atoms with E-state index in [1.165, 1.54) is 0 Å². The van der Waals surface area contributed by atoms with Crippen LogP contribution in [0.5, 0.6) is 0 Å². The van der Waals surface area contributed by atoms with Crippen molar-refractivity contribution in [1.29, 1.82) is 0 Å². The lowest BCUT2D eigenvalue weighted by Gasteiger charge is -2.30. The average Bonchev–Trinajstić information content (AvgIpc) is 2.49. The van der Waals surface area contributed by atoms with Crippen molar-refractivity contribution in [2.24, 2.45) is 0 Å². The number of aliphatic hydroxyl groups is 1. The summed E-state index contributed by atoms with van der Waals surface area (Å²) in [7, 11) is 1.76. The molecule has 1 aromatic carbocycles. The summed E-state index contributed by atoms with van der Waals surface area (Å²) >= 11 is 0. The minimum Gasteiger partial charge on any atom is -0.390 e. The van der Waals surface area contributed by atoms with Gasteiger partial charge in [-0.05, 0) is 50.8 Å². The Morgan fingerprint density at radius 2 is 2.00 bits per heavy atom. The fourth-order valence-corrected chi connectivity index (χ4v) is 2.67. The number of likely N-dealkylation sites (N-methyl/N-ethyl adjacent to an activating group) is 1. The van der Waals surface area contributed by atoms with Crippen LogP contribution < -0.4 is 5.32 Å². The maximum Gasteiger partial charge on any atom is 0.251 e. The van der Waals surface area contributed by atoms with Crippen molar-refractivity contribution in [3.63, 3.8) is 0 Å². The van der Waals surface area contributed by atoms with E-state index in [0.717, 1.165) is 12.0 Å². The number of nitrogens with one attached hydrogen (secondary N) is 1. The molecule has 5 heteroatoms. The highest BCUT2D eigenvalue weighted by Crippen LogP contribution is 2.15. The molecule has 1 saturated heterocycles. The largest absolute Gasteiger partial charge is 0.390 e. The Labute approximate surface area is 137 Å². The zero-order chi connectivity index (χ0) is 17.0. The number of rotatable bonds is 5. The second-order valence-electron chi connectivity index (χ2n) is 6.99. The predicted molar refractivity (Wildman–Crippen MR) is 89.2 cm³/mol. The molecule has 1 atom stereocenters. The van der Waals surface area contributed by atoms with Crippen molar-refractivity contribution in [2.75, 3.05) is 13.6 Å². The summed E-state index contributed by atoms with van der Waals surface area (Å²) in [5.74, 6) is 0.0263. The first kappa shape index (κ1) is 17.5. The van der Waals surface area contributed by atoms with Crippen LogP contribution in [0.15, 0.2) is 24.3 Å². The van der Waals surface area contributed by atoms with E-state index in [1.807, 2.05) is 24.3 Å². The molecule has 1 aliphatic rings. The molecular formula is C18H26N2O3. The van der Waals surface area contributed by atoms with Crippen molar-refractivity contribution < 1.29 is 14.7 Å². The van der Waals surface area contributed by atoms with Crippen molar-refractivity contribution in [1.82, 2.24) is 10.2 Å². The average molecular weight is 318 g/mol. The maximum absolute atomic E-state index is 12.3. The van der Waals surface area contributed by atoms with E-state index in [1.54, 1.807) is 25.8 Å². The monoisotopic (exact) mass is 318 g/mol. The number of amides is 2. The van der Waals surface area contributed by atoms with Gasteiger partial charge in [-0.3, -0.25) is 9.59 Å². The molecule has 1 fully saturated rings. The van der Waals surface area contributed by atoms with Crippen molar-refractivity contribution in [2.45, 2.75) is 51.2 Å².